The van der Waals surface area contributed by atoms with Crippen LogP contribution in [-0.2, 0) is 0 Å². The Bertz CT molecular complexity index is 1200. The van der Waals surface area contributed by atoms with Crippen LogP contribution < -0.4 is 0 Å². The molecule has 0 bridgehead atoms. The molecule has 0 aliphatic carbocycles. The van der Waals surface area contributed by atoms with Gasteiger partial charge in [0.25, 0.3) is 5.69 Å². The van der Waals surface area contributed by atoms with E-state index in [0.717, 1.165) is 22.0 Å². The zero-order valence-corrected chi connectivity index (χ0v) is 16.0. The fourth-order valence-electron chi connectivity index (χ4n) is 2.71. The number of non-ortho nitro benzene ring substituents is 1. The van der Waals surface area contributed by atoms with Crippen LogP contribution in [0.4, 0.5) is 5.69 Å². The maximum absolute atomic E-state index is 10.8. The lowest BCUT2D eigenvalue weighted by molar-refractivity contribution is -0.384. The van der Waals surface area contributed by atoms with E-state index in [9.17, 15) is 15.4 Å². The number of aromatic nitrogens is 2. The van der Waals surface area contributed by atoms with Gasteiger partial charge in [0.1, 0.15) is 11.1 Å². The van der Waals surface area contributed by atoms with Gasteiger partial charge < -0.3 is 4.57 Å². The minimum atomic E-state index is -0.429. The second-order valence-corrected chi connectivity index (χ2v) is 7.57. The smallest absolute Gasteiger partial charge is 0.269 e. The summed E-state index contributed by atoms with van der Waals surface area (Å²) < 4.78 is 1.87. The summed E-state index contributed by atoms with van der Waals surface area (Å²) in [5.74, 6) is 0. The van der Waals surface area contributed by atoms with Crippen LogP contribution in [-0.4, -0.2) is 14.5 Å². The highest BCUT2D eigenvalue weighted by molar-refractivity contribution is 7.14. The Balaban J connectivity index is 1.68. The molecule has 4 aromatic rings. The molecule has 0 amide bonds. The fourth-order valence-corrected chi connectivity index (χ4v) is 4.25. The van der Waals surface area contributed by atoms with Gasteiger partial charge in [-0.05, 0) is 41.8 Å². The summed E-state index contributed by atoms with van der Waals surface area (Å²) in [7, 11) is 0. The van der Waals surface area contributed by atoms with E-state index in [2.05, 4.69) is 11.1 Å². The molecule has 4 rings (SSSR count). The van der Waals surface area contributed by atoms with Crippen molar-refractivity contribution in [3.8, 4) is 22.3 Å². The summed E-state index contributed by atoms with van der Waals surface area (Å²) in [6, 6.07) is 16.2. The van der Waals surface area contributed by atoms with Crippen molar-refractivity contribution in [1.29, 1.82) is 5.26 Å². The van der Waals surface area contributed by atoms with Crippen molar-refractivity contribution in [1.82, 2.24) is 9.55 Å². The molecule has 0 radical (unpaired) electrons. The topological polar surface area (TPSA) is 84.8 Å². The van der Waals surface area contributed by atoms with Crippen LogP contribution in [0.1, 0.15) is 10.7 Å². The number of benzene rings is 1. The highest BCUT2D eigenvalue weighted by Crippen LogP contribution is 2.30. The molecule has 0 saturated heterocycles. The molecule has 136 valence electrons. The second-order valence-electron chi connectivity index (χ2n) is 5.76. The van der Waals surface area contributed by atoms with Gasteiger partial charge in [0.2, 0.25) is 0 Å². The Labute approximate surface area is 168 Å². The molecule has 0 aliphatic rings. The first-order valence-electron chi connectivity index (χ1n) is 8.19. The summed E-state index contributed by atoms with van der Waals surface area (Å²) in [5.41, 5.74) is 2.93. The van der Waals surface area contributed by atoms with E-state index < -0.39 is 4.92 Å². The molecule has 0 N–H and O–H groups in total. The number of rotatable bonds is 5. The summed E-state index contributed by atoms with van der Waals surface area (Å²) >= 11 is 3.04. The number of thiazole rings is 1. The molecule has 0 spiro atoms. The maximum atomic E-state index is 10.8. The van der Waals surface area contributed by atoms with Gasteiger partial charge in [-0.2, -0.15) is 5.26 Å². The SMILES string of the molecule is N#C/C(=C/c1cccn1-c1ccc([N+](=O)[O-])cc1)c1nc(-c2cccs2)cs1. The summed E-state index contributed by atoms with van der Waals surface area (Å²) in [6.45, 7) is 0. The van der Waals surface area contributed by atoms with Gasteiger partial charge in [-0.15, -0.1) is 22.7 Å². The van der Waals surface area contributed by atoms with Crippen LogP contribution in [0, 0.1) is 21.4 Å². The fraction of sp³-hybridized carbons (Fsp3) is 0. The standard InChI is InChI=1S/C20H12N4O2S2/c21-12-14(20-22-18(13-28-20)19-4-2-10-27-19)11-17-3-1-9-23(17)15-5-7-16(8-6-15)24(25)26/h1-11,13H/b14-11-. The Hall–Kier alpha value is -3.54. The zero-order chi connectivity index (χ0) is 19.5. The Morgan fingerprint density at radius 1 is 1.18 bits per heavy atom. The highest BCUT2D eigenvalue weighted by atomic mass is 32.1. The van der Waals surface area contributed by atoms with E-state index in [1.54, 1.807) is 29.5 Å². The van der Waals surface area contributed by atoms with Crippen molar-refractivity contribution >= 4 is 40.0 Å². The van der Waals surface area contributed by atoms with Crippen LogP contribution in [0.5, 0.6) is 0 Å². The molecule has 3 aromatic heterocycles. The number of nitrogens with zero attached hydrogens (tertiary/aromatic N) is 4. The van der Waals surface area contributed by atoms with Crippen LogP contribution >= 0.6 is 22.7 Å². The average Bonchev–Trinajstić information content (AvgIpc) is 3.47. The molecule has 0 aliphatic heterocycles. The van der Waals surface area contributed by atoms with E-state index in [-0.39, 0.29) is 5.69 Å². The number of nitriles is 1. The Kier molecular flexibility index (Phi) is 4.85. The summed E-state index contributed by atoms with van der Waals surface area (Å²) in [6.07, 6.45) is 3.62. The van der Waals surface area contributed by atoms with E-state index in [1.165, 1.54) is 23.5 Å². The molecular weight excluding hydrogens is 392 g/mol. The van der Waals surface area contributed by atoms with Crippen molar-refractivity contribution in [3.63, 3.8) is 0 Å². The van der Waals surface area contributed by atoms with Gasteiger partial charge >= 0.3 is 0 Å². The molecule has 28 heavy (non-hydrogen) atoms. The molecular formula is C20H12N4O2S2. The predicted octanol–water partition coefficient (Wildman–Crippen LogP) is 5.63. The molecule has 0 fully saturated rings. The van der Waals surface area contributed by atoms with Crippen molar-refractivity contribution in [2.75, 3.05) is 0 Å². The van der Waals surface area contributed by atoms with Crippen LogP contribution in [0.15, 0.2) is 65.5 Å². The van der Waals surface area contributed by atoms with E-state index in [1.807, 2.05) is 45.8 Å². The largest absolute Gasteiger partial charge is 0.317 e. The first-order valence-corrected chi connectivity index (χ1v) is 9.95. The monoisotopic (exact) mass is 404 g/mol. The van der Waals surface area contributed by atoms with Gasteiger partial charge in [0.05, 0.1) is 21.1 Å². The second kappa shape index (κ2) is 7.60. The Morgan fingerprint density at radius 2 is 2.00 bits per heavy atom. The first kappa shape index (κ1) is 17.9. The molecule has 1 aromatic carbocycles. The quantitative estimate of drug-likeness (QED) is 0.245. The molecule has 0 unspecified atom stereocenters. The van der Waals surface area contributed by atoms with Crippen molar-refractivity contribution in [2.24, 2.45) is 0 Å². The van der Waals surface area contributed by atoms with Crippen molar-refractivity contribution in [3.05, 3.63) is 86.3 Å². The number of allylic oxidation sites excluding steroid dienone is 1. The van der Waals surface area contributed by atoms with Crippen LogP contribution in [0.25, 0.3) is 27.9 Å². The highest BCUT2D eigenvalue weighted by Gasteiger charge is 2.12. The maximum Gasteiger partial charge on any atom is 0.269 e. The van der Waals surface area contributed by atoms with Gasteiger partial charge in [0.15, 0.2) is 0 Å². The van der Waals surface area contributed by atoms with Gasteiger partial charge in [0, 0.05) is 35.1 Å². The lowest BCUT2D eigenvalue weighted by Gasteiger charge is -2.06. The first-order chi connectivity index (χ1) is 13.7. The van der Waals surface area contributed by atoms with Gasteiger partial charge in [-0.25, -0.2) is 4.98 Å². The molecule has 6 nitrogen and oxygen atoms in total. The average molecular weight is 404 g/mol. The molecule has 3 heterocycles. The summed E-state index contributed by atoms with van der Waals surface area (Å²) in [4.78, 5) is 16.1. The van der Waals surface area contributed by atoms with Gasteiger partial charge in [-0.3, -0.25) is 10.1 Å². The van der Waals surface area contributed by atoms with E-state index in [0.29, 0.717) is 10.6 Å². The lowest BCUT2D eigenvalue weighted by atomic mass is 10.2. The number of hydrogen-bond donors (Lipinski definition) is 0. The van der Waals surface area contributed by atoms with Crippen molar-refractivity contribution in [2.45, 2.75) is 0 Å². The van der Waals surface area contributed by atoms with Crippen molar-refractivity contribution < 1.29 is 4.92 Å². The van der Waals surface area contributed by atoms with E-state index >= 15 is 0 Å². The normalized spacial score (nSPS) is 11.3. The third kappa shape index (κ3) is 3.49. The number of nitro groups is 1. The van der Waals surface area contributed by atoms with Gasteiger partial charge in [-0.1, -0.05) is 6.07 Å². The molecule has 0 atom stereocenters. The number of thiophene rings is 1. The minimum absolute atomic E-state index is 0.0367. The van der Waals surface area contributed by atoms with E-state index in [4.69, 9.17) is 0 Å². The van der Waals surface area contributed by atoms with Crippen LogP contribution in [0.2, 0.25) is 0 Å². The third-order valence-corrected chi connectivity index (χ3v) is 5.81. The number of nitro benzene ring substituents is 1. The zero-order valence-electron chi connectivity index (χ0n) is 14.4. The number of hydrogen-bond acceptors (Lipinski definition) is 6. The predicted molar refractivity (Wildman–Crippen MR) is 111 cm³/mol. The third-order valence-electron chi connectivity index (χ3n) is 4.04. The molecule has 0 saturated carbocycles. The minimum Gasteiger partial charge on any atom is -0.317 e. The molecule has 8 heteroatoms. The Morgan fingerprint density at radius 3 is 2.68 bits per heavy atom. The summed E-state index contributed by atoms with van der Waals surface area (Å²) in [5, 5.41) is 25.1. The lowest BCUT2D eigenvalue weighted by Crippen LogP contribution is -1.96. The van der Waals surface area contributed by atoms with Crippen LogP contribution in [0.3, 0.4) is 0 Å².